The van der Waals surface area contributed by atoms with E-state index in [1.165, 1.54) is 6.20 Å². The number of nitrogens with zero attached hydrogens (tertiary/aromatic N) is 2. The second-order valence-corrected chi connectivity index (χ2v) is 6.54. The van der Waals surface area contributed by atoms with Crippen LogP contribution in [0, 0.1) is 6.92 Å². The van der Waals surface area contributed by atoms with E-state index >= 15 is 0 Å². The van der Waals surface area contributed by atoms with Crippen molar-refractivity contribution in [3.63, 3.8) is 0 Å². The predicted molar refractivity (Wildman–Crippen MR) is 107 cm³/mol. The molecule has 4 rings (SSSR count). The van der Waals surface area contributed by atoms with Crippen LogP contribution in [-0.2, 0) is 11.2 Å². The van der Waals surface area contributed by atoms with Crippen LogP contribution in [0.4, 0.5) is 28.8 Å². The van der Waals surface area contributed by atoms with Crippen LogP contribution in [-0.4, -0.2) is 21.8 Å². The fourth-order valence-corrected chi connectivity index (χ4v) is 3.01. The lowest BCUT2D eigenvalue weighted by molar-refractivity contribution is -0.115. The third kappa shape index (κ3) is 3.61. The number of nitrogens with two attached hydrogens (primary N) is 1. The van der Waals surface area contributed by atoms with Gasteiger partial charge in [-0.3, -0.25) is 9.59 Å². The van der Waals surface area contributed by atoms with E-state index in [9.17, 15) is 9.59 Å². The molecule has 28 heavy (non-hydrogen) atoms. The molecule has 0 fully saturated rings. The molecule has 1 aromatic heterocycles. The molecular formula is C20H18N6O2. The quantitative estimate of drug-likeness (QED) is 0.545. The number of carbonyl (C=O) groups excluding carboxylic acids is 2. The summed E-state index contributed by atoms with van der Waals surface area (Å²) >= 11 is 0. The number of rotatable bonds is 5. The van der Waals surface area contributed by atoms with Gasteiger partial charge < -0.3 is 21.7 Å². The largest absolute Gasteiger partial charge is 0.365 e. The molecular weight excluding hydrogens is 356 g/mol. The lowest BCUT2D eigenvalue weighted by Crippen LogP contribution is -2.15. The summed E-state index contributed by atoms with van der Waals surface area (Å²) < 4.78 is 0. The standard InChI is InChI=1S/C20H18N6O2/c1-11-3-2-4-13(7-11)23-19-15(18(21)28)10-22-20(26-19)24-14-5-6-16-12(8-14)9-17(27)25-16/h2-8,10H,9H2,1H3,(H2,21,28)(H,25,27)(H2,22,23,24,26). The summed E-state index contributed by atoms with van der Waals surface area (Å²) in [4.78, 5) is 31.8. The van der Waals surface area contributed by atoms with Gasteiger partial charge in [0.1, 0.15) is 11.4 Å². The molecule has 1 aliphatic rings. The zero-order chi connectivity index (χ0) is 19.7. The number of anilines is 5. The van der Waals surface area contributed by atoms with Gasteiger partial charge in [0.15, 0.2) is 0 Å². The van der Waals surface area contributed by atoms with Gasteiger partial charge in [-0.1, -0.05) is 12.1 Å². The molecule has 0 spiro atoms. The van der Waals surface area contributed by atoms with E-state index in [1.807, 2.05) is 49.4 Å². The third-order valence-corrected chi connectivity index (χ3v) is 4.32. The molecule has 2 aromatic carbocycles. The summed E-state index contributed by atoms with van der Waals surface area (Å²) in [5.41, 5.74) is 9.95. The van der Waals surface area contributed by atoms with E-state index in [1.54, 1.807) is 0 Å². The highest BCUT2D eigenvalue weighted by molar-refractivity contribution is 6.00. The lowest BCUT2D eigenvalue weighted by Gasteiger charge is -2.12. The summed E-state index contributed by atoms with van der Waals surface area (Å²) in [6.45, 7) is 1.97. The van der Waals surface area contributed by atoms with Crippen molar-refractivity contribution in [2.24, 2.45) is 5.73 Å². The van der Waals surface area contributed by atoms with Crippen molar-refractivity contribution in [2.45, 2.75) is 13.3 Å². The summed E-state index contributed by atoms with van der Waals surface area (Å²) in [6.07, 6.45) is 1.72. The highest BCUT2D eigenvalue weighted by Gasteiger charge is 2.18. The molecule has 1 aliphatic heterocycles. The van der Waals surface area contributed by atoms with Gasteiger partial charge >= 0.3 is 0 Å². The Labute approximate surface area is 161 Å². The van der Waals surface area contributed by atoms with Gasteiger partial charge in [0.2, 0.25) is 11.9 Å². The molecule has 0 radical (unpaired) electrons. The Hall–Kier alpha value is -3.94. The minimum atomic E-state index is -0.621. The zero-order valence-corrected chi connectivity index (χ0v) is 15.1. The van der Waals surface area contributed by atoms with Gasteiger partial charge in [0.05, 0.1) is 6.42 Å². The molecule has 3 aromatic rings. The Balaban J connectivity index is 1.62. The normalized spacial score (nSPS) is 12.2. The second-order valence-electron chi connectivity index (χ2n) is 6.54. The van der Waals surface area contributed by atoms with Crippen molar-refractivity contribution in [3.8, 4) is 0 Å². The van der Waals surface area contributed by atoms with Crippen LogP contribution in [0.2, 0.25) is 0 Å². The van der Waals surface area contributed by atoms with E-state index in [2.05, 4.69) is 25.9 Å². The van der Waals surface area contributed by atoms with Gasteiger partial charge in [0.25, 0.3) is 5.91 Å². The van der Waals surface area contributed by atoms with E-state index < -0.39 is 5.91 Å². The van der Waals surface area contributed by atoms with Crippen molar-refractivity contribution in [3.05, 3.63) is 65.4 Å². The topological polar surface area (TPSA) is 122 Å². The van der Waals surface area contributed by atoms with Gasteiger partial charge in [-0.05, 0) is 48.4 Å². The molecule has 0 aliphatic carbocycles. The molecule has 5 N–H and O–H groups in total. The first-order valence-corrected chi connectivity index (χ1v) is 8.68. The Morgan fingerprint density at radius 1 is 1.14 bits per heavy atom. The minimum absolute atomic E-state index is 0.0288. The zero-order valence-electron chi connectivity index (χ0n) is 15.1. The first-order chi connectivity index (χ1) is 13.5. The predicted octanol–water partition coefficient (Wildman–Crippen LogP) is 2.87. The van der Waals surface area contributed by atoms with E-state index in [-0.39, 0.29) is 11.5 Å². The number of hydrogen-bond acceptors (Lipinski definition) is 6. The van der Waals surface area contributed by atoms with Gasteiger partial charge in [0, 0.05) is 23.3 Å². The number of fused-ring (bicyclic) bond motifs is 1. The van der Waals surface area contributed by atoms with Crippen LogP contribution in [0.15, 0.2) is 48.7 Å². The number of primary amides is 1. The summed E-state index contributed by atoms with van der Waals surface area (Å²) in [6, 6.07) is 13.2. The Kier molecular flexibility index (Phi) is 4.36. The van der Waals surface area contributed by atoms with Crippen LogP contribution in [0.25, 0.3) is 0 Å². The van der Waals surface area contributed by atoms with Crippen molar-refractivity contribution in [1.29, 1.82) is 0 Å². The SMILES string of the molecule is Cc1cccc(Nc2nc(Nc3ccc4c(c3)CC(=O)N4)ncc2C(N)=O)c1. The molecule has 2 heterocycles. The fraction of sp³-hybridized carbons (Fsp3) is 0.100. The van der Waals surface area contributed by atoms with Gasteiger partial charge in [-0.2, -0.15) is 4.98 Å². The Morgan fingerprint density at radius 2 is 1.96 bits per heavy atom. The van der Waals surface area contributed by atoms with E-state index in [0.29, 0.717) is 18.2 Å². The Morgan fingerprint density at radius 3 is 2.75 bits per heavy atom. The molecule has 140 valence electrons. The number of carbonyl (C=O) groups is 2. The van der Waals surface area contributed by atoms with E-state index in [4.69, 9.17) is 5.73 Å². The average molecular weight is 374 g/mol. The maximum absolute atomic E-state index is 11.8. The summed E-state index contributed by atoms with van der Waals surface area (Å²) in [7, 11) is 0. The minimum Gasteiger partial charge on any atom is -0.365 e. The number of benzene rings is 2. The Bertz CT molecular complexity index is 1100. The molecule has 0 bridgehead atoms. The third-order valence-electron chi connectivity index (χ3n) is 4.32. The fourth-order valence-electron chi connectivity index (χ4n) is 3.01. The van der Waals surface area contributed by atoms with Crippen LogP contribution >= 0.6 is 0 Å². The summed E-state index contributed by atoms with van der Waals surface area (Å²) in [5.74, 6) is -0.0336. The monoisotopic (exact) mass is 374 g/mol. The highest BCUT2D eigenvalue weighted by Crippen LogP contribution is 2.28. The number of nitrogens with one attached hydrogen (secondary N) is 3. The molecule has 0 unspecified atom stereocenters. The molecule has 2 amide bonds. The first kappa shape index (κ1) is 17.5. The van der Waals surface area contributed by atoms with Crippen LogP contribution in [0.3, 0.4) is 0 Å². The van der Waals surface area contributed by atoms with Crippen molar-refractivity contribution in [1.82, 2.24) is 9.97 Å². The smallest absolute Gasteiger partial charge is 0.254 e. The van der Waals surface area contributed by atoms with E-state index in [0.717, 1.165) is 28.2 Å². The first-order valence-electron chi connectivity index (χ1n) is 8.68. The molecule has 0 saturated carbocycles. The number of amides is 2. The molecule has 0 atom stereocenters. The maximum atomic E-state index is 11.8. The lowest BCUT2D eigenvalue weighted by atomic mass is 10.1. The van der Waals surface area contributed by atoms with Crippen LogP contribution in [0.5, 0.6) is 0 Å². The van der Waals surface area contributed by atoms with Crippen LogP contribution < -0.4 is 21.7 Å². The average Bonchev–Trinajstić information content (AvgIpc) is 3.01. The summed E-state index contributed by atoms with van der Waals surface area (Å²) in [5, 5.41) is 9.01. The van der Waals surface area contributed by atoms with Crippen LogP contribution in [0.1, 0.15) is 21.5 Å². The van der Waals surface area contributed by atoms with Crippen molar-refractivity contribution < 1.29 is 9.59 Å². The maximum Gasteiger partial charge on any atom is 0.254 e. The highest BCUT2D eigenvalue weighted by atomic mass is 16.2. The number of aromatic nitrogens is 2. The van der Waals surface area contributed by atoms with Crippen molar-refractivity contribution in [2.75, 3.05) is 16.0 Å². The number of hydrogen-bond donors (Lipinski definition) is 4. The molecule has 8 nitrogen and oxygen atoms in total. The van der Waals surface area contributed by atoms with Crippen molar-refractivity contribution >= 4 is 40.6 Å². The second kappa shape index (κ2) is 6.99. The molecule has 8 heteroatoms. The number of aryl methyl sites for hydroxylation is 1. The van der Waals surface area contributed by atoms with Gasteiger partial charge in [-0.15, -0.1) is 0 Å². The van der Waals surface area contributed by atoms with Gasteiger partial charge in [-0.25, -0.2) is 4.98 Å². The molecule has 0 saturated heterocycles.